The Labute approximate surface area is 124 Å². The lowest BCUT2D eigenvalue weighted by atomic mass is 10.0. The molecule has 0 radical (unpaired) electrons. The number of nitroso groups, excluding NO2 is 1. The predicted octanol–water partition coefficient (Wildman–Crippen LogP) is 5.70. The van der Waals surface area contributed by atoms with E-state index in [2.05, 4.69) is 19.1 Å². The predicted molar refractivity (Wildman–Crippen MR) is 84.5 cm³/mol. The maximum atomic E-state index is 9.90. The van der Waals surface area contributed by atoms with E-state index >= 15 is 0 Å². The third-order valence-electron chi connectivity index (χ3n) is 3.73. The molecule has 120 valence electrons. The van der Waals surface area contributed by atoms with Crippen LogP contribution in [0.15, 0.2) is 5.29 Å². The van der Waals surface area contributed by atoms with Crippen LogP contribution in [0.2, 0.25) is 0 Å². The Kier molecular flexibility index (Phi) is 14.3. The van der Waals surface area contributed by atoms with E-state index in [1.54, 1.807) is 0 Å². The van der Waals surface area contributed by atoms with Gasteiger partial charge in [-0.05, 0) is 12.3 Å². The molecule has 0 amide bonds. The summed E-state index contributed by atoms with van der Waals surface area (Å²) in [4.78, 5) is 9.90. The SMILES string of the molecule is CC(C)CCCCCCCCCCCCCN(O)N=O. The van der Waals surface area contributed by atoms with Crippen molar-refractivity contribution in [2.24, 2.45) is 11.2 Å². The van der Waals surface area contributed by atoms with Gasteiger partial charge < -0.3 is 0 Å². The molecule has 0 aliphatic heterocycles. The Morgan fingerprint density at radius 1 is 0.800 bits per heavy atom. The van der Waals surface area contributed by atoms with E-state index in [0.29, 0.717) is 11.7 Å². The van der Waals surface area contributed by atoms with Gasteiger partial charge in [-0.3, -0.25) is 5.21 Å². The highest BCUT2D eigenvalue weighted by Gasteiger charge is 1.97. The van der Waals surface area contributed by atoms with Gasteiger partial charge in [-0.25, -0.2) is 0 Å². The Balaban J connectivity index is 3.01. The standard InChI is InChI=1S/C16H34N2O2/c1-16(2)14-12-10-8-6-4-3-5-7-9-11-13-15-18(20)17-19/h16,20H,3-15H2,1-2H3. The lowest BCUT2D eigenvalue weighted by Crippen LogP contribution is -2.11. The van der Waals surface area contributed by atoms with Crippen LogP contribution in [-0.4, -0.2) is 16.9 Å². The first-order valence-corrected chi connectivity index (χ1v) is 8.46. The Hall–Kier alpha value is -0.640. The molecule has 0 aliphatic rings. The molecule has 0 bridgehead atoms. The lowest BCUT2D eigenvalue weighted by Gasteiger charge is -2.06. The van der Waals surface area contributed by atoms with Crippen LogP contribution in [-0.2, 0) is 0 Å². The summed E-state index contributed by atoms with van der Waals surface area (Å²) < 4.78 is 0. The summed E-state index contributed by atoms with van der Waals surface area (Å²) in [6.45, 7) is 4.96. The number of nitrogens with zero attached hydrogens (tertiary/aromatic N) is 2. The highest BCUT2D eigenvalue weighted by atomic mass is 16.6. The maximum absolute atomic E-state index is 9.90. The average molecular weight is 286 g/mol. The molecule has 4 nitrogen and oxygen atoms in total. The summed E-state index contributed by atoms with van der Waals surface area (Å²) in [5.41, 5.74) is 0. The first-order valence-electron chi connectivity index (χ1n) is 8.46. The monoisotopic (exact) mass is 286 g/mol. The van der Waals surface area contributed by atoms with Crippen LogP contribution < -0.4 is 0 Å². The second kappa shape index (κ2) is 14.8. The zero-order chi connectivity index (χ0) is 15.1. The molecule has 0 saturated carbocycles. The van der Waals surface area contributed by atoms with Crippen molar-refractivity contribution in [2.45, 2.75) is 90.9 Å². The minimum absolute atomic E-state index is 0.361. The van der Waals surface area contributed by atoms with Crippen molar-refractivity contribution in [1.29, 1.82) is 0 Å². The number of rotatable bonds is 15. The molecule has 4 heteroatoms. The zero-order valence-electron chi connectivity index (χ0n) is 13.5. The van der Waals surface area contributed by atoms with Crippen molar-refractivity contribution in [2.75, 3.05) is 6.54 Å². The molecular weight excluding hydrogens is 252 g/mol. The van der Waals surface area contributed by atoms with Crippen molar-refractivity contribution < 1.29 is 5.21 Å². The summed E-state index contributed by atoms with van der Waals surface area (Å²) in [5, 5.41) is 11.7. The van der Waals surface area contributed by atoms with Gasteiger partial charge in [-0.1, -0.05) is 84.5 Å². The van der Waals surface area contributed by atoms with Gasteiger partial charge in [0.05, 0.1) is 11.8 Å². The van der Waals surface area contributed by atoms with E-state index in [9.17, 15) is 4.91 Å². The van der Waals surface area contributed by atoms with Crippen LogP contribution in [0.1, 0.15) is 90.9 Å². The molecule has 0 heterocycles. The van der Waals surface area contributed by atoms with Crippen LogP contribution in [0.4, 0.5) is 0 Å². The quantitative estimate of drug-likeness (QED) is 0.239. The van der Waals surface area contributed by atoms with Crippen molar-refractivity contribution in [3.8, 4) is 0 Å². The fourth-order valence-electron chi connectivity index (χ4n) is 2.44. The first-order chi connectivity index (χ1) is 9.66. The molecule has 0 aromatic carbocycles. The van der Waals surface area contributed by atoms with Crippen molar-refractivity contribution >= 4 is 0 Å². The molecule has 0 rings (SSSR count). The van der Waals surface area contributed by atoms with E-state index in [1.807, 2.05) is 0 Å². The number of unbranched alkanes of at least 4 members (excludes halogenated alkanes) is 10. The molecule has 20 heavy (non-hydrogen) atoms. The summed E-state index contributed by atoms with van der Waals surface area (Å²) in [6, 6.07) is 0. The Bertz CT molecular complexity index is 211. The van der Waals surface area contributed by atoms with Gasteiger partial charge in [0.1, 0.15) is 0 Å². The molecular formula is C16H34N2O2. The number of hydroxylamine groups is 1. The number of hydrogen-bond donors (Lipinski definition) is 1. The molecule has 0 spiro atoms. The van der Waals surface area contributed by atoms with Gasteiger partial charge in [0.2, 0.25) is 0 Å². The van der Waals surface area contributed by atoms with Crippen LogP contribution in [0.5, 0.6) is 0 Å². The minimum atomic E-state index is 0.361. The van der Waals surface area contributed by atoms with Gasteiger partial charge in [0.15, 0.2) is 0 Å². The molecule has 0 fully saturated rings. The Morgan fingerprint density at radius 2 is 1.20 bits per heavy atom. The van der Waals surface area contributed by atoms with Gasteiger partial charge in [-0.15, -0.1) is 10.1 Å². The summed E-state index contributed by atoms with van der Waals surface area (Å²) in [7, 11) is 0. The Morgan fingerprint density at radius 3 is 1.60 bits per heavy atom. The van der Waals surface area contributed by atoms with Crippen LogP contribution in [0.3, 0.4) is 0 Å². The minimum Gasteiger partial charge on any atom is -0.269 e. The van der Waals surface area contributed by atoms with Crippen molar-refractivity contribution in [3.05, 3.63) is 4.91 Å². The highest BCUT2D eigenvalue weighted by molar-refractivity contribution is 4.50. The third kappa shape index (κ3) is 15.4. The van der Waals surface area contributed by atoms with Crippen LogP contribution in [0.25, 0.3) is 0 Å². The molecule has 1 N–H and O–H groups in total. The maximum Gasteiger partial charge on any atom is 0.0787 e. The average Bonchev–Trinajstić information content (AvgIpc) is 2.43. The second-order valence-electron chi connectivity index (χ2n) is 6.25. The van der Waals surface area contributed by atoms with Gasteiger partial charge in [0, 0.05) is 0 Å². The third-order valence-corrected chi connectivity index (χ3v) is 3.73. The van der Waals surface area contributed by atoms with Crippen LogP contribution >= 0.6 is 0 Å². The summed E-state index contributed by atoms with van der Waals surface area (Å²) >= 11 is 0. The molecule has 0 saturated heterocycles. The summed E-state index contributed by atoms with van der Waals surface area (Å²) in [6.07, 6.45) is 15.4. The smallest absolute Gasteiger partial charge is 0.0787 e. The first kappa shape index (κ1) is 19.4. The van der Waals surface area contributed by atoms with E-state index < -0.39 is 0 Å². The van der Waals surface area contributed by atoms with E-state index in [0.717, 1.165) is 18.8 Å². The molecule has 0 atom stereocenters. The molecule has 0 unspecified atom stereocenters. The van der Waals surface area contributed by atoms with Crippen molar-refractivity contribution in [3.63, 3.8) is 0 Å². The van der Waals surface area contributed by atoms with Crippen molar-refractivity contribution in [1.82, 2.24) is 5.17 Å². The summed E-state index contributed by atoms with van der Waals surface area (Å²) in [5.74, 6) is 0.857. The fourth-order valence-corrected chi connectivity index (χ4v) is 2.44. The molecule has 0 aromatic rings. The highest BCUT2D eigenvalue weighted by Crippen LogP contribution is 2.13. The fraction of sp³-hybridized carbons (Fsp3) is 1.00. The topological polar surface area (TPSA) is 52.9 Å². The van der Waals surface area contributed by atoms with Gasteiger partial charge in [0.25, 0.3) is 0 Å². The van der Waals surface area contributed by atoms with E-state index in [-0.39, 0.29) is 0 Å². The largest absolute Gasteiger partial charge is 0.269 e. The molecule has 0 aliphatic carbocycles. The number of hydrogen-bond acceptors (Lipinski definition) is 3. The lowest BCUT2D eigenvalue weighted by molar-refractivity contribution is -0.0924. The normalized spacial score (nSPS) is 11.0. The van der Waals surface area contributed by atoms with Crippen LogP contribution in [0, 0.1) is 10.8 Å². The van der Waals surface area contributed by atoms with E-state index in [4.69, 9.17) is 5.21 Å². The van der Waals surface area contributed by atoms with E-state index in [1.165, 1.54) is 64.2 Å². The zero-order valence-corrected chi connectivity index (χ0v) is 13.5. The second-order valence-corrected chi connectivity index (χ2v) is 6.25. The molecule has 0 aromatic heterocycles. The van der Waals surface area contributed by atoms with Gasteiger partial charge in [-0.2, -0.15) is 0 Å². The van der Waals surface area contributed by atoms with Gasteiger partial charge >= 0.3 is 0 Å².